The van der Waals surface area contributed by atoms with Crippen LogP contribution in [0.4, 0.5) is 32.2 Å². The summed E-state index contributed by atoms with van der Waals surface area (Å²) in [5, 5.41) is -0.621. The van der Waals surface area contributed by atoms with E-state index in [0.717, 1.165) is 30.1 Å². The second-order valence-electron chi connectivity index (χ2n) is 11.6. The lowest BCUT2D eigenvalue weighted by molar-refractivity contribution is -0.137. The minimum Gasteiger partial charge on any atom is -0.352 e. The van der Waals surface area contributed by atoms with Gasteiger partial charge >= 0.3 is 11.9 Å². The molecule has 1 amide bonds. The molecule has 7 nitrogen and oxygen atoms in total. The number of amides is 1. The molecule has 47 heavy (non-hydrogen) atoms. The molecule has 246 valence electrons. The molecule has 0 unspecified atom stereocenters. The lowest BCUT2D eigenvalue weighted by atomic mass is 9.95. The molecule has 1 fully saturated rings. The molecule has 4 heterocycles. The summed E-state index contributed by atoms with van der Waals surface area (Å²) in [6.07, 6.45) is -1.45. The summed E-state index contributed by atoms with van der Waals surface area (Å²) in [6, 6.07) is 2.42. The lowest BCUT2D eigenvalue weighted by Gasteiger charge is -2.44. The average molecular weight is 694 g/mol. The summed E-state index contributed by atoms with van der Waals surface area (Å²) in [5.41, 5.74) is -2.79. The molecule has 2 aromatic heterocycles. The second-order valence-corrected chi connectivity index (χ2v) is 13.0. The van der Waals surface area contributed by atoms with E-state index in [1.807, 2.05) is 0 Å². The number of carbonyl (C=O) groups is 1. The predicted octanol–water partition coefficient (Wildman–Crippen LogP) is 7.05. The van der Waals surface area contributed by atoms with Crippen molar-refractivity contribution in [2.75, 3.05) is 23.7 Å². The molecular weight excluding hydrogens is 668 g/mol. The predicted molar refractivity (Wildman–Crippen MR) is 167 cm³/mol. The number of carbonyl (C=O) groups excluding carboxylic acids is 1. The van der Waals surface area contributed by atoms with Crippen LogP contribution in [0.15, 0.2) is 59.0 Å². The number of halogens is 7. The zero-order valence-corrected chi connectivity index (χ0v) is 26.5. The van der Waals surface area contributed by atoms with Gasteiger partial charge in [-0.05, 0) is 43.7 Å². The van der Waals surface area contributed by atoms with E-state index in [4.69, 9.17) is 11.6 Å². The Labute approximate surface area is 273 Å². The molecule has 3 atom stereocenters. The van der Waals surface area contributed by atoms with Crippen molar-refractivity contribution in [2.45, 2.75) is 49.5 Å². The maximum atomic E-state index is 15.4. The largest absolute Gasteiger partial charge is 0.417 e. The van der Waals surface area contributed by atoms with Crippen LogP contribution in [0.3, 0.4) is 0 Å². The van der Waals surface area contributed by atoms with Crippen molar-refractivity contribution in [3.05, 3.63) is 93.4 Å². The minimum atomic E-state index is -5.04. The molecule has 0 bridgehead atoms. The van der Waals surface area contributed by atoms with E-state index in [0.29, 0.717) is 11.6 Å². The van der Waals surface area contributed by atoms with E-state index in [9.17, 15) is 18.4 Å². The summed E-state index contributed by atoms with van der Waals surface area (Å²) in [4.78, 5) is 37.7. The number of aromatic nitrogens is 3. The third-order valence-electron chi connectivity index (χ3n) is 8.46. The molecule has 2 aliphatic rings. The number of rotatable bonds is 4. The molecule has 1 saturated heterocycles. The summed E-state index contributed by atoms with van der Waals surface area (Å²) in [5.74, 6) is -3.98. The van der Waals surface area contributed by atoms with Crippen LogP contribution < -0.4 is 10.6 Å². The van der Waals surface area contributed by atoms with Gasteiger partial charge in [0.25, 0.3) is 0 Å². The number of hydrogen-bond donors (Lipinski definition) is 0. The molecule has 4 aromatic rings. The Bertz CT molecular complexity index is 1990. The highest BCUT2D eigenvalue weighted by Gasteiger charge is 2.40. The highest BCUT2D eigenvalue weighted by Crippen LogP contribution is 2.50. The van der Waals surface area contributed by atoms with Crippen LogP contribution in [-0.2, 0) is 17.5 Å². The Balaban J connectivity index is 1.66. The monoisotopic (exact) mass is 693 g/mol. The SMILES string of the molecule is C=CC(=O)N1[C@H](C)CN(c2nc(=O)n3c4c(c(-c5cc(Cl)c(F)cc5F)c(C(F)(F)F)cc24)SC[C@H](c2cncc(F)c2)C3)C[C@@H]1C. The number of piperazine rings is 1. The zero-order valence-electron chi connectivity index (χ0n) is 24.9. The molecule has 0 saturated carbocycles. The third-order valence-corrected chi connectivity index (χ3v) is 10.0. The van der Waals surface area contributed by atoms with Crippen molar-refractivity contribution in [3.8, 4) is 11.1 Å². The van der Waals surface area contributed by atoms with Gasteiger partial charge in [0.15, 0.2) is 0 Å². The topological polar surface area (TPSA) is 71.3 Å². The highest BCUT2D eigenvalue weighted by molar-refractivity contribution is 7.99. The fourth-order valence-electron chi connectivity index (χ4n) is 6.49. The minimum absolute atomic E-state index is 0.0299. The summed E-state index contributed by atoms with van der Waals surface area (Å²) >= 11 is 6.89. The van der Waals surface area contributed by atoms with Crippen molar-refractivity contribution in [1.29, 1.82) is 0 Å². The first-order valence-electron chi connectivity index (χ1n) is 14.5. The van der Waals surface area contributed by atoms with Gasteiger partial charge in [-0.25, -0.2) is 18.0 Å². The van der Waals surface area contributed by atoms with Gasteiger partial charge in [-0.3, -0.25) is 14.3 Å². The Morgan fingerprint density at radius 2 is 1.74 bits per heavy atom. The molecule has 15 heteroatoms. The lowest BCUT2D eigenvalue weighted by Crippen LogP contribution is -2.58. The van der Waals surface area contributed by atoms with E-state index in [2.05, 4.69) is 16.5 Å². The standard InChI is InChI=1S/C32H26ClF6N5O2S/c1-4-26(45)44-15(2)11-42(12-16(44)3)30-21-6-22(32(37,38)39)27(20-7-23(33)25(36)8-24(20)35)29-28(21)43(31(46)41-30)13-18(14-47-29)17-5-19(34)10-40-9-17/h4-10,15-16,18H,1,11-14H2,2-3H3/t15-,16+,18-/m1/s1. The third kappa shape index (κ3) is 5.86. The number of hydrogen-bond acceptors (Lipinski definition) is 6. The normalized spacial score (nSPS) is 20.0. The van der Waals surface area contributed by atoms with Crippen molar-refractivity contribution in [3.63, 3.8) is 0 Å². The van der Waals surface area contributed by atoms with Crippen LogP contribution in [0.5, 0.6) is 0 Å². The molecule has 0 radical (unpaired) electrons. The van der Waals surface area contributed by atoms with Crippen LogP contribution in [0.1, 0.15) is 30.9 Å². The summed E-state index contributed by atoms with van der Waals surface area (Å²) in [6.45, 7) is 7.25. The van der Waals surface area contributed by atoms with E-state index in [1.54, 1.807) is 23.6 Å². The first-order valence-corrected chi connectivity index (χ1v) is 15.8. The van der Waals surface area contributed by atoms with Gasteiger partial charge in [0.1, 0.15) is 23.3 Å². The second kappa shape index (κ2) is 12.2. The van der Waals surface area contributed by atoms with E-state index >= 15 is 17.6 Å². The first-order chi connectivity index (χ1) is 22.2. The number of thioether (sulfide) groups is 1. The maximum Gasteiger partial charge on any atom is 0.417 e. The van der Waals surface area contributed by atoms with Crippen LogP contribution in [-0.4, -0.2) is 56.3 Å². The molecule has 0 N–H and O–H groups in total. The molecule has 0 spiro atoms. The van der Waals surface area contributed by atoms with Gasteiger partial charge in [0.05, 0.1) is 22.3 Å². The summed E-state index contributed by atoms with van der Waals surface area (Å²) in [7, 11) is 0. The van der Waals surface area contributed by atoms with Gasteiger partial charge in [-0.2, -0.15) is 18.2 Å². The van der Waals surface area contributed by atoms with Crippen LogP contribution in [0, 0.1) is 17.5 Å². The van der Waals surface area contributed by atoms with Gasteiger partial charge in [0.2, 0.25) is 5.91 Å². The number of alkyl halides is 3. The van der Waals surface area contributed by atoms with Crippen LogP contribution >= 0.6 is 23.4 Å². The number of benzene rings is 2. The molecular formula is C32H26ClF6N5O2S. The average Bonchev–Trinajstić information content (AvgIpc) is 3.21. The van der Waals surface area contributed by atoms with Crippen molar-refractivity contribution < 1.29 is 31.1 Å². The molecule has 0 aliphatic carbocycles. The molecule has 2 aliphatic heterocycles. The van der Waals surface area contributed by atoms with E-state index in [1.165, 1.54) is 22.9 Å². The van der Waals surface area contributed by atoms with E-state index < -0.39 is 69.0 Å². The van der Waals surface area contributed by atoms with Crippen LogP contribution in [0.25, 0.3) is 22.0 Å². The number of nitrogens with zero attached hydrogens (tertiary/aromatic N) is 5. The van der Waals surface area contributed by atoms with Gasteiger partial charge in [-0.15, -0.1) is 11.8 Å². The highest BCUT2D eigenvalue weighted by atomic mass is 35.5. The Morgan fingerprint density at radius 3 is 2.38 bits per heavy atom. The number of pyridine rings is 1. The maximum absolute atomic E-state index is 15.4. The van der Waals surface area contributed by atoms with Crippen molar-refractivity contribution in [1.82, 2.24) is 19.4 Å². The Kier molecular flexibility index (Phi) is 8.54. The van der Waals surface area contributed by atoms with Gasteiger partial charge in [0, 0.05) is 77.1 Å². The smallest absolute Gasteiger partial charge is 0.352 e. The zero-order chi connectivity index (χ0) is 33.9. The summed E-state index contributed by atoms with van der Waals surface area (Å²) < 4.78 is 90.1. The number of anilines is 1. The fourth-order valence-corrected chi connectivity index (χ4v) is 8.05. The molecule has 6 rings (SSSR count). The Morgan fingerprint density at radius 1 is 1.04 bits per heavy atom. The first kappa shape index (κ1) is 32.9. The fraction of sp³-hybridized carbons (Fsp3) is 0.312. The van der Waals surface area contributed by atoms with Crippen molar-refractivity contribution in [2.24, 2.45) is 0 Å². The van der Waals surface area contributed by atoms with Gasteiger partial charge < -0.3 is 9.80 Å². The quantitative estimate of drug-likeness (QED) is 0.130. The van der Waals surface area contributed by atoms with Crippen molar-refractivity contribution >= 4 is 46.0 Å². The van der Waals surface area contributed by atoms with Crippen LogP contribution in [0.2, 0.25) is 5.02 Å². The van der Waals surface area contributed by atoms with E-state index in [-0.39, 0.29) is 52.9 Å². The van der Waals surface area contributed by atoms with Gasteiger partial charge in [-0.1, -0.05) is 18.2 Å². The molecule has 2 aromatic carbocycles. The Hall–Kier alpha value is -4.04.